The molecule has 8 nitrogen and oxygen atoms in total. The van der Waals surface area contributed by atoms with Crippen LogP contribution in [0.5, 0.6) is 0 Å². The van der Waals surface area contributed by atoms with E-state index in [1.807, 2.05) is 18.5 Å². The van der Waals surface area contributed by atoms with Gasteiger partial charge in [0.05, 0.1) is 29.0 Å². The van der Waals surface area contributed by atoms with Gasteiger partial charge in [0.2, 0.25) is 5.95 Å². The zero-order valence-electron chi connectivity index (χ0n) is 18.5. The first-order valence-corrected chi connectivity index (χ1v) is 11.3. The van der Waals surface area contributed by atoms with Gasteiger partial charge in [-0.25, -0.2) is 19.9 Å². The monoisotopic (exact) mass is 418 g/mol. The molecule has 0 saturated carbocycles. The Kier molecular flexibility index (Phi) is 5.31. The lowest BCUT2D eigenvalue weighted by Crippen LogP contribution is -2.43. The van der Waals surface area contributed by atoms with Crippen molar-refractivity contribution in [2.45, 2.75) is 46.1 Å². The Balaban J connectivity index is 1.43. The van der Waals surface area contributed by atoms with Crippen molar-refractivity contribution in [3.8, 4) is 11.4 Å². The van der Waals surface area contributed by atoms with E-state index in [9.17, 15) is 0 Å². The molecular weight excluding hydrogens is 388 g/mol. The number of imidazole rings is 1. The number of piperazine rings is 1. The molecule has 1 aliphatic heterocycles. The van der Waals surface area contributed by atoms with Gasteiger partial charge in [-0.05, 0) is 44.4 Å². The molecule has 3 aromatic heterocycles. The molecule has 0 radical (unpaired) electrons. The molecule has 0 amide bonds. The van der Waals surface area contributed by atoms with Crippen LogP contribution in [0.3, 0.4) is 0 Å². The average molecular weight is 419 g/mol. The van der Waals surface area contributed by atoms with E-state index in [0.29, 0.717) is 12.0 Å². The first-order chi connectivity index (χ1) is 15.1. The number of hydrogen-bond acceptors (Lipinski definition) is 7. The molecule has 0 spiro atoms. The predicted octanol–water partition coefficient (Wildman–Crippen LogP) is 3.13. The summed E-state index contributed by atoms with van der Waals surface area (Å²) in [5, 5.41) is 6.67. The lowest BCUT2D eigenvalue weighted by atomic mass is 9.97. The molecule has 31 heavy (non-hydrogen) atoms. The summed E-state index contributed by atoms with van der Waals surface area (Å²) >= 11 is 0. The van der Waals surface area contributed by atoms with Gasteiger partial charge in [-0.15, -0.1) is 0 Å². The maximum atomic E-state index is 4.92. The van der Waals surface area contributed by atoms with Crippen molar-refractivity contribution in [2.75, 3.05) is 36.4 Å². The van der Waals surface area contributed by atoms with Gasteiger partial charge in [0.25, 0.3) is 0 Å². The van der Waals surface area contributed by atoms with Crippen molar-refractivity contribution in [1.29, 1.82) is 0 Å². The molecule has 5 rings (SSSR count). The Labute approximate surface area is 183 Å². The molecule has 8 heteroatoms. The number of aryl methyl sites for hydroxylation is 3. The van der Waals surface area contributed by atoms with Gasteiger partial charge in [0, 0.05) is 44.8 Å². The largest absolute Gasteiger partial charge is 0.368 e. The minimum atomic E-state index is 0.336. The van der Waals surface area contributed by atoms with E-state index in [1.54, 1.807) is 0 Å². The van der Waals surface area contributed by atoms with Crippen LogP contribution in [0.1, 0.15) is 43.9 Å². The fourth-order valence-corrected chi connectivity index (χ4v) is 4.55. The molecule has 0 aromatic carbocycles. The molecule has 3 aromatic rings. The maximum absolute atomic E-state index is 4.92. The Hall–Kier alpha value is -3.00. The molecule has 1 aliphatic carbocycles. The second-order valence-corrected chi connectivity index (χ2v) is 8.47. The zero-order valence-corrected chi connectivity index (χ0v) is 18.5. The smallest absolute Gasteiger partial charge is 0.228 e. The van der Waals surface area contributed by atoms with E-state index >= 15 is 0 Å². The number of nitrogens with zero attached hydrogens (tertiary/aromatic N) is 6. The molecule has 4 heterocycles. The molecule has 0 bridgehead atoms. The van der Waals surface area contributed by atoms with Crippen molar-refractivity contribution < 1.29 is 0 Å². The van der Waals surface area contributed by atoms with Gasteiger partial charge in [0.15, 0.2) is 0 Å². The second-order valence-electron chi connectivity index (χ2n) is 8.47. The van der Waals surface area contributed by atoms with Crippen LogP contribution in [-0.4, -0.2) is 50.7 Å². The van der Waals surface area contributed by atoms with Crippen LogP contribution in [0.25, 0.3) is 11.4 Å². The minimum absolute atomic E-state index is 0.336. The van der Waals surface area contributed by atoms with Gasteiger partial charge < -0.3 is 20.1 Å². The van der Waals surface area contributed by atoms with Crippen LogP contribution >= 0.6 is 0 Å². The maximum Gasteiger partial charge on any atom is 0.228 e. The van der Waals surface area contributed by atoms with Gasteiger partial charge in [0.1, 0.15) is 11.6 Å². The number of fused-ring (bicyclic) bond motifs is 3. The van der Waals surface area contributed by atoms with Gasteiger partial charge in [-0.1, -0.05) is 6.92 Å². The molecule has 0 unspecified atom stereocenters. The number of aromatic nitrogens is 5. The Morgan fingerprint density at radius 3 is 2.61 bits per heavy atom. The lowest BCUT2D eigenvalue weighted by molar-refractivity contribution is 0.575. The Morgan fingerprint density at radius 1 is 1.06 bits per heavy atom. The summed E-state index contributed by atoms with van der Waals surface area (Å²) in [6.45, 7) is 10.6. The zero-order chi connectivity index (χ0) is 21.4. The third-order valence-corrected chi connectivity index (χ3v) is 6.08. The van der Waals surface area contributed by atoms with E-state index in [2.05, 4.69) is 56.9 Å². The first kappa shape index (κ1) is 19.9. The highest BCUT2D eigenvalue weighted by atomic mass is 15.2. The fourth-order valence-electron chi connectivity index (χ4n) is 4.55. The minimum Gasteiger partial charge on any atom is -0.368 e. The third-order valence-electron chi connectivity index (χ3n) is 6.08. The van der Waals surface area contributed by atoms with E-state index in [-0.39, 0.29) is 0 Å². The van der Waals surface area contributed by atoms with Crippen LogP contribution in [0.4, 0.5) is 17.5 Å². The van der Waals surface area contributed by atoms with Crippen LogP contribution in [0.15, 0.2) is 24.5 Å². The first-order valence-electron chi connectivity index (χ1n) is 11.3. The van der Waals surface area contributed by atoms with Crippen LogP contribution in [-0.2, 0) is 19.3 Å². The van der Waals surface area contributed by atoms with E-state index in [4.69, 9.17) is 9.97 Å². The molecule has 2 aliphatic rings. The van der Waals surface area contributed by atoms with E-state index < -0.39 is 0 Å². The molecule has 0 atom stereocenters. The molecule has 2 N–H and O–H groups in total. The van der Waals surface area contributed by atoms with Crippen molar-refractivity contribution in [1.82, 2.24) is 29.8 Å². The lowest BCUT2D eigenvalue weighted by Gasteiger charge is -2.29. The Morgan fingerprint density at radius 2 is 1.90 bits per heavy atom. The number of hydrogen-bond donors (Lipinski definition) is 2. The summed E-state index contributed by atoms with van der Waals surface area (Å²) in [4.78, 5) is 21.3. The second kappa shape index (κ2) is 8.26. The van der Waals surface area contributed by atoms with Gasteiger partial charge in [-0.2, -0.15) is 0 Å². The summed E-state index contributed by atoms with van der Waals surface area (Å²) < 4.78 is 2.34. The highest BCUT2D eigenvalue weighted by Crippen LogP contribution is 2.35. The molecular formula is C23H30N8. The topological polar surface area (TPSA) is 83.8 Å². The van der Waals surface area contributed by atoms with Crippen molar-refractivity contribution in [2.24, 2.45) is 0 Å². The van der Waals surface area contributed by atoms with E-state index in [1.165, 1.54) is 5.56 Å². The van der Waals surface area contributed by atoms with E-state index in [0.717, 1.165) is 79.9 Å². The van der Waals surface area contributed by atoms with Crippen LogP contribution in [0, 0.1) is 0 Å². The van der Waals surface area contributed by atoms with Gasteiger partial charge in [-0.3, -0.25) is 0 Å². The van der Waals surface area contributed by atoms with Crippen molar-refractivity contribution in [3.05, 3.63) is 41.6 Å². The average Bonchev–Trinajstić information content (AvgIpc) is 3.20. The number of nitrogens with one attached hydrogen (secondary N) is 2. The molecule has 1 fully saturated rings. The fraction of sp³-hybridized carbons (Fsp3) is 0.478. The SMILES string of the molecule is CCc1nc2c(n1C(C)C)-c1nc(Nc3ccc(N4CCNCC4)cn3)ncc1CC2. The summed E-state index contributed by atoms with van der Waals surface area (Å²) in [6.07, 6.45) is 6.66. The van der Waals surface area contributed by atoms with Crippen molar-refractivity contribution in [3.63, 3.8) is 0 Å². The third kappa shape index (κ3) is 3.76. The normalized spacial score (nSPS) is 15.7. The summed E-state index contributed by atoms with van der Waals surface area (Å²) in [7, 11) is 0. The summed E-state index contributed by atoms with van der Waals surface area (Å²) in [5.74, 6) is 2.45. The highest BCUT2D eigenvalue weighted by Gasteiger charge is 2.27. The van der Waals surface area contributed by atoms with Crippen molar-refractivity contribution >= 4 is 17.5 Å². The Bertz CT molecular complexity index is 1060. The number of pyridine rings is 1. The summed E-state index contributed by atoms with van der Waals surface area (Å²) in [5.41, 5.74) is 5.64. The number of rotatable bonds is 5. The highest BCUT2D eigenvalue weighted by molar-refractivity contribution is 5.67. The number of anilines is 3. The molecule has 1 saturated heterocycles. The predicted molar refractivity (Wildman–Crippen MR) is 123 cm³/mol. The quantitative estimate of drug-likeness (QED) is 0.659. The molecule has 162 valence electrons. The standard InChI is InChI=1S/C23H30N8/c1-4-20-27-18-7-5-16-13-26-23(29-21(16)22(18)31(20)15(2)3)28-19-8-6-17(14-25-19)30-11-9-24-10-12-30/h6,8,13-15,24H,4-5,7,9-12H2,1-3H3,(H,25,26,28,29). The van der Waals surface area contributed by atoms with Gasteiger partial charge >= 0.3 is 0 Å². The van der Waals surface area contributed by atoms with Crippen LogP contribution in [0.2, 0.25) is 0 Å². The van der Waals surface area contributed by atoms with Crippen LogP contribution < -0.4 is 15.5 Å². The summed E-state index contributed by atoms with van der Waals surface area (Å²) in [6, 6.07) is 4.44.